The Morgan fingerprint density at radius 2 is 1.25 bits per heavy atom. The van der Waals surface area contributed by atoms with Crippen LogP contribution in [0.3, 0.4) is 0 Å². The summed E-state index contributed by atoms with van der Waals surface area (Å²) in [6, 6.07) is 0. The van der Waals surface area contributed by atoms with Gasteiger partial charge in [0.15, 0.2) is 0 Å². The van der Waals surface area contributed by atoms with Crippen LogP contribution in [0.5, 0.6) is 0 Å². The molecule has 0 radical (unpaired) electrons. The summed E-state index contributed by atoms with van der Waals surface area (Å²) >= 11 is 0. The smallest absolute Gasteiger partial charge is 0.220 e. The summed E-state index contributed by atoms with van der Waals surface area (Å²) in [6.07, 6.45) is 5.89. The van der Waals surface area contributed by atoms with Gasteiger partial charge in [-0.3, -0.25) is 4.79 Å². The van der Waals surface area contributed by atoms with Crippen LogP contribution in [0.1, 0.15) is 80.1 Å². The van der Waals surface area contributed by atoms with E-state index in [1.54, 1.807) is 0 Å². The molecule has 0 aromatic carbocycles. The van der Waals surface area contributed by atoms with Crippen molar-refractivity contribution < 1.29 is 14.3 Å². The number of ether oxygens (including phenoxy) is 2. The third-order valence-corrected chi connectivity index (χ3v) is 3.52. The summed E-state index contributed by atoms with van der Waals surface area (Å²) < 4.78 is 11.2. The molecular formula is C20H41NO3. The van der Waals surface area contributed by atoms with Crippen LogP contribution in [-0.4, -0.2) is 38.9 Å². The maximum Gasteiger partial charge on any atom is 0.220 e. The molecule has 0 heterocycles. The van der Waals surface area contributed by atoms with Crippen LogP contribution < -0.4 is 5.32 Å². The standard InChI is InChI=1S/C20H41NO3/c1-19(2,3)11-9-15-23-13-7-8-14-24-16-10-12-21-18(22)17-20(4,5)6/h7-17H2,1-6H3,(H,21,22). The van der Waals surface area contributed by atoms with E-state index < -0.39 is 0 Å². The van der Waals surface area contributed by atoms with Gasteiger partial charge in [-0.05, 0) is 42.9 Å². The van der Waals surface area contributed by atoms with Gasteiger partial charge in [0.2, 0.25) is 5.91 Å². The highest BCUT2D eigenvalue weighted by molar-refractivity contribution is 5.76. The molecule has 24 heavy (non-hydrogen) atoms. The van der Waals surface area contributed by atoms with Crippen LogP contribution in [0.4, 0.5) is 0 Å². The van der Waals surface area contributed by atoms with Gasteiger partial charge in [0.25, 0.3) is 0 Å². The van der Waals surface area contributed by atoms with Gasteiger partial charge in [-0.25, -0.2) is 0 Å². The number of carbonyl (C=O) groups is 1. The van der Waals surface area contributed by atoms with E-state index in [9.17, 15) is 4.79 Å². The van der Waals surface area contributed by atoms with E-state index in [1.165, 1.54) is 6.42 Å². The molecule has 1 amide bonds. The van der Waals surface area contributed by atoms with Gasteiger partial charge in [0.05, 0.1) is 0 Å². The van der Waals surface area contributed by atoms with E-state index in [4.69, 9.17) is 9.47 Å². The fraction of sp³-hybridized carbons (Fsp3) is 0.950. The minimum atomic E-state index is 0.0510. The van der Waals surface area contributed by atoms with Crippen molar-refractivity contribution in [1.82, 2.24) is 5.32 Å². The van der Waals surface area contributed by atoms with Crippen LogP contribution >= 0.6 is 0 Å². The molecule has 0 saturated carbocycles. The van der Waals surface area contributed by atoms with E-state index in [0.29, 0.717) is 25.0 Å². The van der Waals surface area contributed by atoms with Gasteiger partial charge in [-0.2, -0.15) is 0 Å². The van der Waals surface area contributed by atoms with Crippen LogP contribution in [0, 0.1) is 10.8 Å². The predicted octanol–water partition coefficient (Wildman–Crippen LogP) is 4.57. The highest BCUT2D eigenvalue weighted by Gasteiger charge is 2.15. The zero-order valence-corrected chi connectivity index (χ0v) is 17.0. The van der Waals surface area contributed by atoms with Crippen molar-refractivity contribution in [3.8, 4) is 0 Å². The van der Waals surface area contributed by atoms with Crippen LogP contribution in [0.2, 0.25) is 0 Å². The molecule has 0 aromatic rings. The summed E-state index contributed by atoms with van der Waals surface area (Å²) in [5, 5.41) is 2.94. The number of amides is 1. The van der Waals surface area contributed by atoms with Crippen molar-refractivity contribution in [3.63, 3.8) is 0 Å². The van der Waals surface area contributed by atoms with Crippen molar-refractivity contribution in [3.05, 3.63) is 0 Å². The highest BCUT2D eigenvalue weighted by Crippen LogP contribution is 2.20. The van der Waals surface area contributed by atoms with Gasteiger partial charge < -0.3 is 14.8 Å². The predicted molar refractivity (Wildman–Crippen MR) is 101 cm³/mol. The van der Waals surface area contributed by atoms with Crippen LogP contribution in [0.15, 0.2) is 0 Å². The van der Waals surface area contributed by atoms with Crippen molar-refractivity contribution >= 4 is 5.91 Å². The average molecular weight is 344 g/mol. The third kappa shape index (κ3) is 19.4. The van der Waals surface area contributed by atoms with Crippen LogP contribution in [-0.2, 0) is 14.3 Å². The third-order valence-electron chi connectivity index (χ3n) is 3.52. The lowest BCUT2D eigenvalue weighted by Crippen LogP contribution is -2.28. The number of unbranched alkanes of at least 4 members (excludes halogenated alkanes) is 1. The Kier molecular flexibility index (Phi) is 12.4. The molecule has 0 saturated heterocycles. The van der Waals surface area contributed by atoms with Crippen molar-refractivity contribution in [2.45, 2.75) is 80.1 Å². The zero-order chi connectivity index (χ0) is 18.5. The first-order valence-corrected chi connectivity index (χ1v) is 9.52. The summed E-state index contributed by atoms with van der Waals surface area (Å²) in [4.78, 5) is 11.6. The molecule has 0 bridgehead atoms. The van der Waals surface area contributed by atoms with E-state index >= 15 is 0 Å². The minimum Gasteiger partial charge on any atom is -0.381 e. The molecule has 0 rings (SSSR count). The van der Waals surface area contributed by atoms with Crippen LogP contribution in [0.25, 0.3) is 0 Å². The van der Waals surface area contributed by atoms with Gasteiger partial charge in [-0.1, -0.05) is 41.5 Å². The normalized spacial score (nSPS) is 12.4. The lowest BCUT2D eigenvalue weighted by atomic mass is 9.91. The Balaban J connectivity index is 3.22. The molecule has 0 aliphatic heterocycles. The molecule has 0 aromatic heterocycles. The molecule has 0 fully saturated rings. The van der Waals surface area contributed by atoms with E-state index in [0.717, 1.165) is 45.5 Å². The lowest BCUT2D eigenvalue weighted by Gasteiger charge is -2.17. The molecule has 4 heteroatoms. The summed E-state index contributed by atoms with van der Waals surface area (Å²) in [5.74, 6) is 0.131. The number of hydrogen-bond donors (Lipinski definition) is 1. The van der Waals surface area contributed by atoms with Gasteiger partial charge >= 0.3 is 0 Å². The number of nitrogens with one attached hydrogen (secondary N) is 1. The van der Waals surface area contributed by atoms with E-state index in [-0.39, 0.29) is 11.3 Å². The van der Waals surface area contributed by atoms with Gasteiger partial charge in [0, 0.05) is 39.4 Å². The number of hydrogen-bond acceptors (Lipinski definition) is 3. The first kappa shape index (κ1) is 23.4. The first-order chi connectivity index (χ1) is 11.1. The highest BCUT2D eigenvalue weighted by atomic mass is 16.5. The molecule has 0 atom stereocenters. The van der Waals surface area contributed by atoms with Crippen molar-refractivity contribution in [2.75, 3.05) is 33.0 Å². The second-order valence-corrected chi connectivity index (χ2v) is 9.04. The van der Waals surface area contributed by atoms with E-state index in [1.807, 2.05) is 0 Å². The Labute approximate surface area is 150 Å². The topological polar surface area (TPSA) is 47.6 Å². The Morgan fingerprint density at radius 3 is 1.75 bits per heavy atom. The maximum atomic E-state index is 11.6. The molecule has 4 nitrogen and oxygen atoms in total. The fourth-order valence-corrected chi connectivity index (χ4v) is 2.26. The second-order valence-electron chi connectivity index (χ2n) is 9.04. The summed E-state index contributed by atoms with van der Waals surface area (Å²) in [6.45, 7) is 16.9. The monoisotopic (exact) mass is 343 g/mol. The average Bonchev–Trinajstić information content (AvgIpc) is 2.40. The SMILES string of the molecule is CC(C)(C)CCCOCCCCOCCCNC(=O)CC(C)(C)C. The molecule has 0 aliphatic carbocycles. The molecule has 1 N–H and O–H groups in total. The quantitative estimate of drug-likeness (QED) is 0.498. The number of rotatable bonds is 13. The van der Waals surface area contributed by atoms with Gasteiger partial charge in [0.1, 0.15) is 0 Å². The summed E-state index contributed by atoms with van der Waals surface area (Å²) in [5.41, 5.74) is 0.457. The first-order valence-electron chi connectivity index (χ1n) is 9.52. The van der Waals surface area contributed by atoms with Gasteiger partial charge in [-0.15, -0.1) is 0 Å². The Bertz CT molecular complexity index is 316. The molecule has 0 spiro atoms. The van der Waals surface area contributed by atoms with E-state index in [2.05, 4.69) is 46.9 Å². The summed E-state index contributed by atoms with van der Waals surface area (Å²) in [7, 11) is 0. The molecule has 0 unspecified atom stereocenters. The largest absolute Gasteiger partial charge is 0.381 e. The minimum absolute atomic E-state index is 0.0510. The maximum absolute atomic E-state index is 11.6. The molecule has 144 valence electrons. The fourth-order valence-electron chi connectivity index (χ4n) is 2.26. The lowest BCUT2D eigenvalue weighted by molar-refractivity contribution is -0.122. The number of carbonyl (C=O) groups excluding carboxylic acids is 1. The second kappa shape index (κ2) is 12.7. The Hall–Kier alpha value is -0.610. The molecule has 0 aliphatic rings. The van der Waals surface area contributed by atoms with Crippen molar-refractivity contribution in [1.29, 1.82) is 0 Å². The van der Waals surface area contributed by atoms with Crippen molar-refractivity contribution in [2.24, 2.45) is 10.8 Å². The zero-order valence-electron chi connectivity index (χ0n) is 17.0. The Morgan fingerprint density at radius 1 is 0.750 bits per heavy atom. The molecular weight excluding hydrogens is 302 g/mol.